The van der Waals surface area contributed by atoms with Crippen LogP contribution in [-0.2, 0) is 0 Å². The van der Waals surface area contributed by atoms with Gasteiger partial charge in [0.2, 0.25) is 0 Å². The van der Waals surface area contributed by atoms with Crippen LogP contribution < -0.4 is 5.73 Å². The van der Waals surface area contributed by atoms with Gasteiger partial charge in [0, 0.05) is 15.5 Å². The van der Waals surface area contributed by atoms with Crippen molar-refractivity contribution in [3.8, 4) is 0 Å². The lowest BCUT2D eigenvalue weighted by atomic mass is 10.2. The summed E-state index contributed by atoms with van der Waals surface area (Å²) in [4.78, 5) is 1.64. The molecule has 1 nitrogen and oxygen atoms in total. The summed E-state index contributed by atoms with van der Waals surface area (Å²) in [5.41, 5.74) is 7.35. The second kappa shape index (κ2) is 4.75. The van der Waals surface area contributed by atoms with Gasteiger partial charge in [-0.05, 0) is 48.9 Å². The number of nitrogen functional groups attached to an aromatic ring is 1. The lowest BCUT2D eigenvalue weighted by molar-refractivity contribution is 0.506. The number of anilines is 1. The maximum atomic E-state index is 13.0. The first-order chi connectivity index (χ1) is 8.06. The predicted molar refractivity (Wildman–Crippen MR) is 66.1 cm³/mol. The minimum Gasteiger partial charge on any atom is -0.399 e. The van der Waals surface area contributed by atoms with Gasteiger partial charge < -0.3 is 5.73 Å². The van der Waals surface area contributed by atoms with E-state index in [2.05, 4.69) is 0 Å². The maximum Gasteiger partial charge on any atom is 0.159 e. The number of aryl methyl sites for hydroxylation is 1. The highest BCUT2D eigenvalue weighted by Gasteiger charge is 2.05. The van der Waals surface area contributed by atoms with Gasteiger partial charge in [0.15, 0.2) is 11.6 Å². The minimum atomic E-state index is -0.830. The van der Waals surface area contributed by atoms with E-state index in [0.29, 0.717) is 10.6 Å². The van der Waals surface area contributed by atoms with Crippen LogP contribution in [0.4, 0.5) is 14.5 Å². The molecular weight excluding hydrogens is 240 g/mol. The van der Waals surface area contributed by atoms with E-state index in [1.165, 1.54) is 17.8 Å². The predicted octanol–water partition coefficient (Wildman–Crippen LogP) is 4.01. The van der Waals surface area contributed by atoms with Gasteiger partial charge in [0.1, 0.15) is 0 Å². The summed E-state index contributed by atoms with van der Waals surface area (Å²) in [7, 11) is 0. The number of halogens is 2. The highest BCUT2D eigenvalue weighted by molar-refractivity contribution is 7.99. The SMILES string of the molecule is Cc1cc(N)ccc1Sc1ccc(F)c(F)c1. The van der Waals surface area contributed by atoms with Gasteiger partial charge in [-0.25, -0.2) is 8.78 Å². The average molecular weight is 251 g/mol. The first kappa shape index (κ1) is 11.9. The Morgan fingerprint density at radius 2 is 1.76 bits per heavy atom. The van der Waals surface area contributed by atoms with E-state index in [1.54, 1.807) is 12.1 Å². The van der Waals surface area contributed by atoms with Crippen molar-refractivity contribution in [3.63, 3.8) is 0 Å². The highest BCUT2D eigenvalue weighted by atomic mass is 32.2. The average Bonchev–Trinajstić information content (AvgIpc) is 2.27. The Balaban J connectivity index is 2.28. The zero-order valence-electron chi connectivity index (χ0n) is 9.21. The summed E-state index contributed by atoms with van der Waals surface area (Å²) in [5.74, 6) is -1.66. The van der Waals surface area contributed by atoms with Crippen molar-refractivity contribution in [2.24, 2.45) is 0 Å². The summed E-state index contributed by atoms with van der Waals surface area (Å²) in [5, 5.41) is 0. The van der Waals surface area contributed by atoms with Gasteiger partial charge in [-0.15, -0.1) is 0 Å². The zero-order chi connectivity index (χ0) is 12.4. The second-order valence-electron chi connectivity index (χ2n) is 3.70. The number of benzene rings is 2. The number of hydrogen-bond acceptors (Lipinski definition) is 2. The molecule has 0 aliphatic carbocycles. The molecule has 0 saturated carbocycles. The van der Waals surface area contributed by atoms with Gasteiger partial charge in [-0.2, -0.15) is 0 Å². The normalized spacial score (nSPS) is 10.5. The lowest BCUT2D eigenvalue weighted by Gasteiger charge is -2.06. The topological polar surface area (TPSA) is 26.0 Å². The quantitative estimate of drug-likeness (QED) is 0.816. The first-order valence-corrected chi connectivity index (χ1v) is 5.87. The maximum absolute atomic E-state index is 13.0. The van der Waals surface area contributed by atoms with E-state index >= 15 is 0 Å². The summed E-state index contributed by atoms with van der Waals surface area (Å²) in [6, 6.07) is 9.38. The van der Waals surface area contributed by atoms with Crippen LogP contribution in [0.2, 0.25) is 0 Å². The molecule has 0 fully saturated rings. The molecule has 0 unspecified atom stereocenters. The lowest BCUT2D eigenvalue weighted by Crippen LogP contribution is -1.88. The fraction of sp³-hybridized carbons (Fsp3) is 0.0769. The molecule has 0 spiro atoms. The van der Waals surface area contributed by atoms with E-state index in [4.69, 9.17) is 5.73 Å². The van der Waals surface area contributed by atoms with Crippen LogP contribution in [0.3, 0.4) is 0 Å². The fourth-order valence-electron chi connectivity index (χ4n) is 1.45. The first-order valence-electron chi connectivity index (χ1n) is 5.05. The summed E-state index contributed by atoms with van der Waals surface area (Å²) in [6.45, 7) is 1.93. The van der Waals surface area contributed by atoms with Gasteiger partial charge in [-0.1, -0.05) is 11.8 Å². The third-order valence-corrected chi connectivity index (χ3v) is 3.49. The number of hydrogen-bond donors (Lipinski definition) is 1. The molecule has 2 N–H and O–H groups in total. The summed E-state index contributed by atoms with van der Waals surface area (Å²) in [6.07, 6.45) is 0. The molecule has 0 bridgehead atoms. The van der Waals surface area contributed by atoms with Crippen LogP contribution in [0, 0.1) is 18.6 Å². The Morgan fingerprint density at radius 1 is 1.00 bits per heavy atom. The molecule has 0 amide bonds. The fourth-order valence-corrected chi connectivity index (χ4v) is 2.36. The van der Waals surface area contributed by atoms with Crippen molar-refractivity contribution in [3.05, 3.63) is 53.6 Å². The van der Waals surface area contributed by atoms with Crippen LogP contribution in [0.15, 0.2) is 46.2 Å². The van der Waals surface area contributed by atoms with Crippen molar-refractivity contribution in [2.45, 2.75) is 16.7 Å². The molecule has 2 aromatic rings. The van der Waals surface area contributed by atoms with Crippen molar-refractivity contribution < 1.29 is 8.78 Å². The van der Waals surface area contributed by atoms with Crippen LogP contribution in [0.1, 0.15) is 5.56 Å². The largest absolute Gasteiger partial charge is 0.399 e. The van der Waals surface area contributed by atoms with Crippen molar-refractivity contribution in [1.29, 1.82) is 0 Å². The van der Waals surface area contributed by atoms with E-state index in [1.807, 2.05) is 19.1 Å². The summed E-state index contributed by atoms with van der Waals surface area (Å²) >= 11 is 1.38. The molecule has 88 valence electrons. The molecule has 2 rings (SSSR count). The molecule has 2 aromatic carbocycles. The molecule has 17 heavy (non-hydrogen) atoms. The molecule has 0 heterocycles. The van der Waals surface area contributed by atoms with Crippen molar-refractivity contribution >= 4 is 17.4 Å². The molecule has 0 radical (unpaired) electrons. The molecule has 0 aliphatic heterocycles. The van der Waals surface area contributed by atoms with Gasteiger partial charge in [0.05, 0.1) is 0 Å². The van der Waals surface area contributed by atoms with Gasteiger partial charge in [0.25, 0.3) is 0 Å². The zero-order valence-corrected chi connectivity index (χ0v) is 10.0. The molecular formula is C13H11F2NS. The Morgan fingerprint density at radius 3 is 2.41 bits per heavy atom. The van der Waals surface area contributed by atoms with Crippen LogP contribution in [0.5, 0.6) is 0 Å². The Labute approximate surface area is 103 Å². The third-order valence-electron chi connectivity index (χ3n) is 2.32. The van der Waals surface area contributed by atoms with Crippen molar-refractivity contribution in [2.75, 3.05) is 5.73 Å². The standard InChI is InChI=1S/C13H11F2NS/c1-8-6-9(16)2-5-13(8)17-10-3-4-11(14)12(15)7-10/h2-7H,16H2,1H3. The minimum absolute atomic E-state index is 0.664. The van der Waals surface area contributed by atoms with Crippen LogP contribution in [-0.4, -0.2) is 0 Å². The highest BCUT2D eigenvalue weighted by Crippen LogP contribution is 2.31. The monoisotopic (exact) mass is 251 g/mol. The smallest absolute Gasteiger partial charge is 0.159 e. The molecule has 0 atom stereocenters. The van der Waals surface area contributed by atoms with Gasteiger partial charge >= 0.3 is 0 Å². The van der Waals surface area contributed by atoms with Crippen molar-refractivity contribution in [1.82, 2.24) is 0 Å². The van der Waals surface area contributed by atoms with E-state index in [0.717, 1.165) is 16.5 Å². The third kappa shape index (κ3) is 2.77. The Hall–Kier alpha value is -1.55. The van der Waals surface area contributed by atoms with E-state index < -0.39 is 11.6 Å². The molecule has 0 aliphatic rings. The number of rotatable bonds is 2. The number of nitrogens with two attached hydrogens (primary N) is 1. The summed E-state index contributed by atoms with van der Waals surface area (Å²) < 4.78 is 25.8. The molecule has 0 saturated heterocycles. The van der Waals surface area contributed by atoms with Crippen LogP contribution in [0.25, 0.3) is 0 Å². The molecule has 0 aromatic heterocycles. The Kier molecular flexibility index (Phi) is 3.33. The van der Waals surface area contributed by atoms with Crippen LogP contribution >= 0.6 is 11.8 Å². The molecule has 4 heteroatoms. The van der Waals surface area contributed by atoms with E-state index in [-0.39, 0.29) is 0 Å². The van der Waals surface area contributed by atoms with Gasteiger partial charge in [-0.3, -0.25) is 0 Å². The Bertz CT molecular complexity index is 555. The second-order valence-corrected chi connectivity index (χ2v) is 4.82. The van der Waals surface area contributed by atoms with E-state index in [9.17, 15) is 8.78 Å².